The Morgan fingerprint density at radius 2 is 2.10 bits per heavy atom. The highest BCUT2D eigenvalue weighted by Crippen LogP contribution is 2.22. The molecule has 0 aromatic carbocycles. The number of ether oxygens (including phenoxy) is 1. The maximum absolute atomic E-state index is 5.80. The van der Waals surface area contributed by atoms with Crippen LogP contribution in [0.1, 0.15) is 65.6 Å². The molecular formula is C17H33N3O. The second-order valence-corrected chi connectivity index (χ2v) is 6.13. The first kappa shape index (κ1) is 18.2. The maximum atomic E-state index is 5.80. The van der Waals surface area contributed by atoms with Gasteiger partial charge in [0, 0.05) is 31.8 Å². The minimum absolute atomic E-state index is 0.157. The third kappa shape index (κ3) is 4.82. The number of aromatic nitrogens is 2. The summed E-state index contributed by atoms with van der Waals surface area (Å²) in [6, 6.07) is 2.88. The van der Waals surface area contributed by atoms with Crippen LogP contribution in [-0.4, -0.2) is 35.1 Å². The minimum Gasteiger partial charge on any atom is -0.377 e. The highest BCUT2D eigenvalue weighted by atomic mass is 16.5. The van der Waals surface area contributed by atoms with Gasteiger partial charge in [0.05, 0.1) is 11.3 Å². The van der Waals surface area contributed by atoms with E-state index in [1.54, 1.807) is 0 Å². The molecule has 0 fully saturated rings. The van der Waals surface area contributed by atoms with Crippen LogP contribution in [-0.2, 0) is 11.2 Å². The third-order valence-corrected chi connectivity index (χ3v) is 4.67. The molecule has 0 amide bonds. The first-order valence-electron chi connectivity index (χ1n) is 8.33. The molecule has 0 saturated carbocycles. The quantitative estimate of drug-likeness (QED) is 0.717. The highest BCUT2D eigenvalue weighted by Gasteiger charge is 2.32. The van der Waals surface area contributed by atoms with Crippen molar-refractivity contribution in [2.24, 2.45) is 0 Å². The molecule has 122 valence electrons. The number of nitrogens with one attached hydrogen (secondary N) is 1. The molecule has 0 spiro atoms. The standard InChI is InChI=1S/C17H33N3O/c1-7-11-18-16(17(5,9-3)21-6)13-15-10-12-20(19-15)14(4)8-2/h10,12,14,16,18H,7-9,11,13H2,1-6H3. The predicted molar refractivity (Wildman–Crippen MR) is 88.7 cm³/mol. The number of rotatable bonds is 10. The molecule has 0 aliphatic carbocycles. The summed E-state index contributed by atoms with van der Waals surface area (Å²) in [4.78, 5) is 0. The summed E-state index contributed by atoms with van der Waals surface area (Å²) in [5, 5.41) is 8.37. The molecule has 1 aromatic rings. The monoisotopic (exact) mass is 295 g/mol. The number of hydrogen-bond donors (Lipinski definition) is 1. The second kappa shape index (κ2) is 8.54. The van der Waals surface area contributed by atoms with E-state index < -0.39 is 0 Å². The Balaban J connectivity index is 2.83. The average Bonchev–Trinajstić information content (AvgIpc) is 2.98. The maximum Gasteiger partial charge on any atom is 0.0804 e. The Hall–Kier alpha value is -0.870. The van der Waals surface area contributed by atoms with Crippen molar-refractivity contribution in [3.63, 3.8) is 0 Å². The molecule has 3 atom stereocenters. The van der Waals surface area contributed by atoms with Crippen molar-refractivity contribution in [1.29, 1.82) is 0 Å². The predicted octanol–water partition coefficient (Wildman–Crippen LogP) is 3.58. The topological polar surface area (TPSA) is 39.1 Å². The van der Waals surface area contributed by atoms with Gasteiger partial charge in [0.25, 0.3) is 0 Å². The van der Waals surface area contributed by atoms with Gasteiger partial charge in [0.2, 0.25) is 0 Å². The Labute approximate surface area is 130 Å². The van der Waals surface area contributed by atoms with Gasteiger partial charge < -0.3 is 10.1 Å². The molecule has 3 unspecified atom stereocenters. The minimum atomic E-state index is -0.157. The van der Waals surface area contributed by atoms with Gasteiger partial charge in [0.1, 0.15) is 0 Å². The van der Waals surface area contributed by atoms with Crippen molar-refractivity contribution in [2.45, 2.75) is 78.0 Å². The van der Waals surface area contributed by atoms with Gasteiger partial charge in [-0.2, -0.15) is 5.10 Å². The first-order valence-corrected chi connectivity index (χ1v) is 8.33. The normalized spacial score (nSPS) is 17.4. The molecular weight excluding hydrogens is 262 g/mol. The number of methoxy groups -OCH3 is 1. The molecule has 4 nitrogen and oxygen atoms in total. The lowest BCUT2D eigenvalue weighted by Crippen LogP contribution is -2.51. The van der Waals surface area contributed by atoms with Crippen LogP contribution in [0.5, 0.6) is 0 Å². The van der Waals surface area contributed by atoms with E-state index in [1.807, 2.05) is 7.11 Å². The fourth-order valence-corrected chi connectivity index (χ4v) is 2.48. The summed E-state index contributed by atoms with van der Waals surface area (Å²) >= 11 is 0. The summed E-state index contributed by atoms with van der Waals surface area (Å²) in [6.07, 6.45) is 6.21. The fraction of sp³-hybridized carbons (Fsp3) is 0.824. The van der Waals surface area contributed by atoms with E-state index in [2.05, 4.69) is 56.9 Å². The lowest BCUT2D eigenvalue weighted by Gasteiger charge is -2.36. The molecule has 1 N–H and O–H groups in total. The SMILES string of the molecule is CCCNC(Cc1ccn(C(C)CC)n1)C(C)(CC)OC. The van der Waals surface area contributed by atoms with Crippen molar-refractivity contribution >= 4 is 0 Å². The zero-order valence-corrected chi connectivity index (χ0v) is 14.6. The molecule has 1 heterocycles. The lowest BCUT2D eigenvalue weighted by atomic mass is 9.89. The zero-order chi connectivity index (χ0) is 15.9. The molecule has 0 aliphatic heterocycles. The largest absolute Gasteiger partial charge is 0.377 e. The molecule has 0 radical (unpaired) electrons. The number of nitrogens with zero attached hydrogens (tertiary/aromatic N) is 2. The van der Waals surface area contributed by atoms with Crippen molar-refractivity contribution < 1.29 is 4.74 Å². The average molecular weight is 295 g/mol. The van der Waals surface area contributed by atoms with Gasteiger partial charge in [-0.25, -0.2) is 0 Å². The number of hydrogen-bond acceptors (Lipinski definition) is 3. The van der Waals surface area contributed by atoms with Crippen molar-refractivity contribution in [1.82, 2.24) is 15.1 Å². The van der Waals surface area contributed by atoms with Crippen LogP contribution in [0.25, 0.3) is 0 Å². The van der Waals surface area contributed by atoms with Crippen LogP contribution >= 0.6 is 0 Å². The summed E-state index contributed by atoms with van der Waals surface area (Å²) in [7, 11) is 1.81. The summed E-state index contributed by atoms with van der Waals surface area (Å²) < 4.78 is 7.87. The van der Waals surface area contributed by atoms with E-state index >= 15 is 0 Å². The van der Waals surface area contributed by atoms with Crippen LogP contribution in [0.4, 0.5) is 0 Å². The smallest absolute Gasteiger partial charge is 0.0804 e. The highest BCUT2D eigenvalue weighted by molar-refractivity contribution is 5.05. The van der Waals surface area contributed by atoms with Gasteiger partial charge in [-0.05, 0) is 45.7 Å². The first-order chi connectivity index (χ1) is 10.0. The molecule has 0 aliphatic rings. The van der Waals surface area contributed by atoms with Crippen molar-refractivity contribution in [3.8, 4) is 0 Å². The van der Waals surface area contributed by atoms with Gasteiger partial charge in [-0.15, -0.1) is 0 Å². The van der Waals surface area contributed by atoms with Gasteiger partial charge >= 0.3 is 0 Å². The van der Waals surface area contributed by atoms with Gasteiger partial charge in [0.15, 0.2) is 0 Å². The zero-order valence-electron chi connectivity index (χ0n) is 14.6. The van der Waals surface area contributed by atoms with Crippen LogP contribution in [0.15, 0.2) is 12.3 Å². The summed E-state index contributed by atoms with van der Waals surface area (Å²) in [5.74, 6) is 0. The summed E-state index contributed by atoms with van der Waals surface area (Å²) in [6.45, 7) is 12.0. The van der Waals surface area contributed by atoms with E-state index in [-0.39, 0.29) is 11.6 Å². The van der Waals surface area contributed by atoms with Gasteiger partial charge in [-0.1, -0.05) is 20.8 Å². The van der Waals surface area contributed by atoms with Crippen LogP contribution in [0, 0.1) is 0 Å². The van der Waals surface area contributed by atoms with Crippen LogP contribution in [0.2, 0.25) is 0 Å². The van der Waals surface area contributed by atoms with E-state index in [1.165, 1.54) is 0 Å². The van der Waals surface area contributed by atoms with E-state index in [0.717, 1.165) is 37.9 Å². The van der Waals surface area contributed by atoms with E-state index in [0.29, 0.717) is 6.04 Å². The fourth-order valence-electron chi connectivity index (χ4n) is 2.48. The third-order valence-electron chi connectivity index (χ3n) is 4.67. The Bertz CT molecular complexity index is 398. The van der Waals surface area contributed by atoms with E-state index in [4.69, 9.17) is 9.84 Å². The van der Waals surface area contributed by atoms with E-state index in [9.17, 15) is 0 Å². The molecule has 21 heavy (non-hydrogen) atoms. The van der Waals surface area contributed by atoms with Crippen LogP contribution in [0.3, 0.4) is 0 Å². The molecule has 1 aromatic heterocycles. The van der Waals surface area contributed by atoms with Gasteiger partial charge in [-0.3, -0.25) is 4.68 Å². The Kier molecular flexibility index (Phi) is 7.40. The molecule has 1 rings (SSSR count). The molecule has 4 heteroatoms. The van der Waals surface area contributed by atoms with Crippen molar-refractivity contribution in [3.05, 3.63) is 18.0 Å². The Morgan fingerprint density at radius 3 is 2.62 bits per heavy atom. The second-order valence-electron chi connectivity index (χ2n) is 6.13. The molecule has 0 bridgehead atoms. The van der Waals surface area contributed by atoms with Crippen LogP contribution < -0.4 is 5.32 Å². The summed E-state index contributed by atoms with van der Waals surface area (Å²) in [5.41, 5.74) is 0.982. The Morgan fingerprint density at radius 1 is 1.38 bits per heavy atom. The van der Waals surface area contributed by atoms with Crippen molar-refractivity contribution in [2.75, 3.05) is 13.7 Å². The lowest BCUT2D eigenvalue weighted by molar-refractivity contribution is -0.0289. The molecule has 0 saturated heterocycles.